The first-order valence-corrected chi connectivity index (χ1v) is 3.53. The Morgan fingerprint density at radius 3 is 2.08 bits per heavy atom. The van der Waals surface area contributed by atoms with Gasteiger partial charge >= 0.3 is 5.97 Å². The molecule has 0 aliphatic rings. The van der Waals surface area contributed by atoms with Gasteiger partial charge < -0.3 is 10.8 Å². The van der Waals surface area contributed by atoms with Crippen molar-refractivity contribution in [2.75, 3.05) is 0 Å². The summed E-state index contributed by atoms with van der Waals surface area (Å²) in [7, 11) is 0. The lowest BCUT2D eigenvalue weighted by Gasteiger charge is -2.18. The summed E-state index contributed by atoms with van der Waals surface area (Å²) in [5.74, 6) is -3.49. The molecule has 3 N–H and O–H groups in total. The zero-order valence-electron chi connectivity index (χ0n) is 7.00. The van der Waals surface area contributed by atoms with Gasteiger partial charge in [-0.05, 0) is 5.92 Å². The van der Waals surface area contributed by atoms with Crippen LogP contribution in [0.2, 0.25) is 0 Å². The first-order chi connectivity index (χ1) is 5.30. The number of halogens is 1. The van der Waals surface area contributed by atoms with Gasteiger partial charge in [0.1, 0.15) is 0 Å². The topological polar surface area (TPSA) is 80.4 Å². The van der Waals surface area contributed by atoms with Crippen LogP contribution >= 0.6 is 0 Å². The minimum absolute atomic E-state index is 0.237. The average molecular weight is 177 g/mol. The van der Waals surface area contributed by atoms with Gasteiger partial charge in [0.25, 0.3) is 11.6 Å². The zero-order chi connectivity index (χ0) is 9.94. The summed E-state index contributed by atoms with van der Waals surface area (Å²) in [4.78, 5) is 20.8. The van der Waals surface area contributed by atoms with Crippen molar-refractivity contribution in [2.45, 2.75) is 25.9 Å². The number of nitrogens with two attached hydrogens (primary N) is 1. The molecule has 12 heavy (non-hydrogen) atoms. The Bertz CT molecular complexity index is 189. The Kier molecular flexibility index (Phi) is 3.18. The minimum atomic E-state index is -2.92. The summed E-state index contributed by atoms with van der Waals surface area (Å²) in [6, 6.07) is 0. The maximum absolute atomic E-state index is 13.2. The van der Waals surface area contributed by atoms with Crippen molar-refractivity contribution in [2.24, 2.45) is 11.7 Å². The molecule has 0 radical (unpaired) electrons. The standard InChI is InChI=1S/C7H12FNO3/c1-4(2)3-7(8,5(9)10)6(11)12/h4H,3H2,1-2H3,(H2,9,10)(H,11,12)/t7-/m1/s1. The van der Waals surface area contributed by atoms with E-state index in [2.05, 4.69) is 5.73 Å². The number of aliphatic carboxylic acids is 1. The van der Waals surface area contributed by atoms with E-state index in [1.165, 1.54) is 0 Å². The van der Waals surface area contributed by atoms with Gasteiger partial charge in [-0.15, -0.1) is 0 Å². The van der Waals surface area contributed by atoms with E-state index in [9.17, 15) is 14.0 Å². The van der Waals surface area contributed by atoms with Crippen LogP contribution in [0.3, 0.4) is 0 Å². The van der Waals surface area contributed by atoms with Gasteiger partial charge in [0.05, 0.1) is 0 Å². The molecule has 0 rings (SSSR count). The van der Waals surface area contributed by atoms with Crippen molar-refractivity contribution in [3.63, 3.8) is 0 Å². The number of carboxylic acids is 1. The van der Waals surface area contributed by atoms with E-state index in [4.69, 9.17) is 5.11 Å². The molecular formula is C7H12FNO3. The maximum atomic E-state index is 13.2. The molecule has 0 saturated carbocycles. The van der Waals surface area contributed by atoms with Crippen LogP contribution in [0.1, 0.15) is 20.3 Å². The molecule has 5 heteroatoms. The van der Waals surface area contributed by atoms with Crippen LogP contribution < -0.4 is 5.73 Å². The molecule has 0 spiro atoms. The number of hydrogen-bond donors (Lipinski definition) is 2. The molecule has 0 saturated heterocycles. The fraction of sp³-hybridized carbons (Fsp3) is 0.714. The molecule has 0 aromatic heterocycles. The minimum Gasteiger partial charge on any atom is -0.478 e. The Balaban J connectivity index is 4.63. The van der Waals surface area contributed by atoms with E-state index < -0.39 is 24.0 Å². The number of alkyl halides is 1. The highest BCUT2D eigenvalue weighted by Crippen LogP contribution is 2.21. The van der Waals surface area contributed by atoms with Crippen LogP contribution in [-0.2, 0) is 9.59 Å². The molecule has 4 nitrogen and oxygen atoms in total. The second-order valence-corrected chi connectivity index (χ2v) is 3.07. The highest BCUT2D eigenvalue weighted by Gasteiger charge is 2.45. The summed E-state index contributed by atoms with van der Waals surface area (Å²) in [6.45, 7) is 3.22. The highest BCUT2D eigenvalue weighted by molar-refractivity contribution is 6.04. The Morgan fingerprint density at radius 2 is 2.00 bits per heavy atom. The highest BCUT2D eigenvalue weighted by atomic mass is 19.1. The molecule has 0 aliphatic heterocycles. The van der Waals surface area contributed by atoms with Crippen LogP contribution in [0.15, 0.2) is 0 Å². The Morgan fingerprint density at radius 1 is 1.58 bits per heavy atom. The number of carbonyl (C=O) groups excluding carboxylic acids is 1. The Labute approximate surface area is 69.6 Å². The lowest BCUT2D eigenvalue weighted by Crippen LogP contribution is -2.47. The number of hydrogen-bond acceptors (Lipinski definition) is 2. The Hall–Kier alpha value is -1.13. The summed E-state index contributed by atoms with van der Waals surface area (Å²) < 4.78 is 13.2. The molecule has 0 unspecified atom stereocenters. The third-order valence-electron chi connectivity index (χ3n) is 1.42. The van der Waals surface area contributed by atoms with Gasteiger partial charge in [0.15, 0.2) is 0 Å². The van der Waals surface area contributed by atoms with Crippen LogP contribution in [0, 0.1) is 5.92 Å². The first kappa shape index (κ1) is 10.9. The normalized spacial score (nSPS) is 15.7. The van der Waals surface area contributed by atoms with E-state index in [0.29, 0.717) is 0 Å². The number of rotatable bonds is 4. The summed E-state index contributed by atoms with van der Waals surface area (Å²) in [5.41, 5.74) is 1.70. The third-order valence-corrected chi connectivity index (χ3v) is 1.42. The monoisotopic (exact) mass is 177 g/mol. The SMILES string of the molecule is CC(C)C[C@@](F)(C(N)=O)C(=O)O. The predicted octanol–water partition coefficient (Wildman–Crippen LogP) is 0.311. The maximum Gasteiger partial charge on any atom is 0.351 e. The van der Waals surface area contributed by atoms with Gasteiger partial charge in [-0.3, -0.25) is 4.79 Å². The quantitative estimate of drug-likeness (QED) is 0.606. The second-order valence-electron chi connectivity index (χ2n) is 3.07. The molecule has 70 valence electrons. The van der Waals surface area contributed by atoms with Crippen LogP contribution in [0.5, 0.6) is 0 Å². The molecule has 1 amide bonds. The molecule has 0 heterocycles. The lowest BCUT2D eigenvalue weighted by atomic mass is 9.94. The molecule has 0 aliphatic carbocycles. The van der Waals surface area contributed by atoms with Crippen molar-refractivity contribution in [1.29, 1.82) is 0 Å². The van der Waals surface area contributed by atoms with E-state index in [0.717, 1.165) is 0 Å². The van der Waals surface area contributed by atoms with Crippen molar-refractivity contribution in [3.05, 3.63) is 0 Å². The fourth-order valence-corrected chi connectivity index (χ4v) is 0.856. The molecule has 0 aromatic rings. The first-order valence-electron chi connectivity index (χ1n) is 3.53. The predicted molar refractivity (Wildman–Crippen MR) is 40.1 cm³/mol. The van der Waals surface area contributed by atoms with Gasteiger partial charge in [-0.1, -0.05) is 13.8 Å². The van der Waals surface area contributed by atoms with Gasteiger partial charge in [0.2, 0.25) is 0 Å². The van der Waals surface area contributed by atoms with Crippen molar-refractivity contribution in [1.82, 2.24) is 0 Å². The van der Waals surface area contributed by atoms with E-state index >= 15 is 0 Å². The van der Waals surface area contributed by atoms with Crippen molar-refractivity contribution < 1.29 is 19.1 Å². The number of carbonyl (C=O) groups is 2. The molecular weight excluding hydrogens is 165 g/mol. The van der Waals surface area contributed by atoms with E-state index in [-0.39, 0.29) is 5.92 Å². The largest absolute Gasteiger partial charge is 0.478 e. The van der Waals surface area contributed by atoms with Crippen molar-refractivity contribution >= 4 is 11.9 Å². The van der Waals surface area contributed by atoms with Crippen molar-refractivity contribution in [3.8, 4) is 0 Å². The van der Waals surface area contributed by atoms with Gasteiger partial charge in [-0.2, -0.15) is 0 Å². The zero-order valence-corrected chi connectivity index (χ0v) is 7.00. The fourth-order valence-electron chi connectivity index (χ4n) is 0.856. The molecule has 0 bridgehead atoms. The average Bonchev–Trinajstić information content (AvgIpc) is 1.84. The van der Waals surface area contributed by atoms with E-state index in [1.54, 1.807) is 13.8 Å². The molecule has 1 atom stereocenters. The molecule has 0 aromatic carbocycles. The molecule has 0 fully saturated rings. The number of carboxylic acid groups (broad SMARTS) is 1. The summed E-state index contributed by atoms with van der Waals surface area (Å²) in [5, 5.41) is 8.38. The third kappa shape index (κ3) is 2.18. The van der Waals surface area contributed by atoms with Gasteiger partial charge in [-0.25, -0.2) is 9.18 Å². The van der Waals surface area contributed by atoms with E-state index in [1.807, 2.05) is 0 Å². The lowest BCUT2D eigenvalue weighted by molar-refractivity contribution is -0.158. The summed E-state index contributed by atoms with van der Waals surface area (Å²) in [6.07, 6.45) is -0.391. The smallest absolute Gasteiger partial charge is 0.351 e. The van der Waals surface area contributed by atoms with Crippen LogP contribution in [-0.4, -0.2) is 22.7 Å². The number of primary amides is 1. The van der Waals surface area contributed by atoms with Crippen LogP contribution in [0.25, 0.3) is 0 Å². The second kappa shape index (κ2) is 3.51. The summed E-state index contributed by atoms with van der Waals surface area (Å²) >= 11 is 0. The van der Waals surface area contributed by atoms with Gasteiger partial charge in [0, 0.05) is 6.42 Å². The number of amides is 1. The van der Waals surface area contributed by atoms with Crippen LogP contribution in [0.4, 0.5) is 4.39 Å².